The Balaban J connectivity index is 1.57. The standard InChI is InChI=1S/C24H33N7O3/c1-6-31(30-10-12-33-13-11-30)22-25-16-19-20(28-29(5)21(19)27-22)18-9-7-8-17(14-18)15-26-23(32)34-24(2,3)4/h7-9,14,16H,6,10-13,15H2,1-5H3,(H,26,32). The van der Waals surface area contributed by atoms with Gasteiger partial charge >= 0.3 is 6.09 Å². The Morgan fingerprint density at radius 1 is 1.26 bits per heavy atom. The van der Waals surface area contributed by atoms with Gasteiger partial charge in [0.1, 0.15) is 11.3 Å². The molecule has 0 atom stereocenters. The maximum absolute atomic E-state index is 12.0. The molecule has 1 aliphatic heterocycles. The Labute approximate surface area is 199 Å². The summed E-state index contributed by atoms with van der Waals surface area (Å²) in [6.45, 7) is 11.8. The van der Waals surface area contributed by atoms with Crippen LogP contribution in [0.5, 0.6) is 0 Å². The second-order valence-electron chi connectivity index (χ2n) is 9.22. The number of nitrogens with one attached hydrogen (secondary N) is 1. The van der Waals surface area contributed by atoms with Crippen molar-refractivity contribution in [1.82, 2.24) is 30.1 Å². The fourth-order valence-corrected chi connectivity index (χ4v) is 3.95. The highest BCUT2D eigenvalue weighted by Crippen LogP contribution is 2.28. The second-order valence-corrected chi connectivity index (χ2v) is 9.22. The summed E-state index contributed by atoms with van der Waals surface area (Å²) in [7, 11) is 1.89. The number of hydrazine groups is 1. The Morgan fingerprint density at radius 3 is 2.74 bits per heavy atom. The van der Waals surface area contributed by atoms with E-state index in [9.17, 15) is 4.79 Å². The van der Waals surface area contributed by atoms with Crippen molar-refractivity contribution in [3.63, 3.8) is 0 Å². The predicted molar refractivity (Wildman–Crippen MR) is 130 cm³/mol. The van der Waals surface area contributed by atoms with Crippen molar-refractivity contribution in [3.8, 4) is 11.3 Å². The number of morpholine rings is 1. The summed E-state index contributed by atoms with van der Waals surface area (Å²) < 4.78 is 12.6. The van der Waals surface area contributed by atoms with Crippen molar-refractivity contribution in [2.45, 2.75) is 39.8 Å². The highest BCUT2D eigenvalue weighted by molar-refractivity contribution is 5.91. The molecule has 4 rings (SSSR count). The minimum atomic E-state index is -0.535. The molecule has 0 radical (unpaired) electrons. The fourth-order valence-electron chi connectivity index (χ4n) is 3.95. The van der Waals surface area contributed by atoms with E-state index in [1.54, 1.807) is 4.68 Å². The molecule has 10 nitrogen and oxygen atoms in total. The van der Waals surface area contributed by atoms with Crippen molar-refractivity contribution >= 4 is 23.1 Å². The van der Waals surface area contributed by atoms with Crippen LogP contribution in [0.25, 0.3) is 22.3 Å². The Morgan fingerprint density at radius 2 is 2.03 bits per heavy atom. The van der Waals surface area contributed by atoms with Gasteiger partial charge in [0.25, 0.3) is 0 Å². The average molecular weight is 468 g/mol. The number of hydrogen-bond donors (Lipinski definition) is 1. The van der Waals surface area contributed by atoms with Gasteiger partial charge in [0.15, 0.2) is 5.65 Å². The number of hydrogen-bond acceptors (Lipinski definition) is 8. The number of aryl methyl sites for hydroxylation is 1. The van der Waals surface area contributed by atoms with Gasteiger partial charge in [-0.3, -0.25) is 5.01 Å². The summed E-state index contributed by atoms with van der Waals surface area (Å²) in [5.41, 5.74) is 2.92. The van der Waals surface area contributed by atoms with E-state index in [1.807, 2.05) is 58.3 Å². The molecular formula is C24H33N7O3. The monoisotopic (exact) mass is 467 g/mol. The van der Waals surface area contributed by atoms with Gasteiger partial charge in [-0.2, -0.15) is 10.1 Å². The molecule has 0 aliphatic carbocycles. The zero-order valence-electron chi connectivity index (χ0n) is 20.5. The molecule has 1 saturated heterocycles. The van der Waals surface area contributed by atoms with Crippen LogP contribution in [0.15, 0.2) is 30.5 Å². The smallest absolute Gasteiger partial charge is 0.407 e. The molecule has 1 aromatic carbocycles. The molecule has 2 aromatic heterocycles. The largest absolute Gasteiger partial charge is 0.444 e. The van der Waals surface area contributed by atoms with Crippen molar-refractivity contribution in [1.29, 1.82) is 0 Å². The maximum atomic E-state index is 12.0. The highest BCUT2D eigenvalue weighted by Gasteiger charge is 2.22. The lowest BCUT2D eigenvalue weighted by atomic mass is 10.1. The van der Waals surface area contributed by atoms with E-state index in [-0.39, 0.29) is 0 Å². The number of rotatable bonds is 6. The van der Waals surface area contributed by atoms with Crippen LogP contribution in [0.3, 0.4) is 0 Å². The third-order valence-electron chi connectivity index (χ3n) is 5.46. The first-order valence-electron chi connectivity index (χ1n) is 11.6. The van der Waals surface area contributed by atoms with Crippen molar-refractivity contribution in [2.24, 2.45) is 7.05 Å². The van der Waals surface area contributed by atoms with Crippen molar-refractivity contribution in [3.05, 3.63) is 36.0 Å². The molecule has 0 bridgehead atoms. The van der Waals surface area contributed by atoms with E-state index in [1.165, 1.54) is 0 Å². The first-order valence-corrected chi connectivity index (χ1v) is 11.6. The highest BCUT2D eigenvalue weighted by atomic mass is 16.6. The van der Waals surface area contributed by atoms with Crippen LogP contribution in [-0.2, 0) is 23.1 Å². The summed E-state index contributed by atoms with van der Waals surface area (Å²) in [6.07, 6.45) is 1.40. The molecule has 1 fully saturated rings. The van der Waals surface area contributed by atoms with E-state index >= 15 is 0 Å². The van der Waals surface area contributed by atoms with Gasteiger partial charge in [0.05, 0.1) is 18.6 Å². The lowest BCUT2D eigenvalue weighted by Crippen LogP contribution is -2.49. The normalized spacial score (nSPS) is 14.9. The van der Waals surface area contributed by atoms with Crippen LogP contribution in [0.4, 0.5) is 10.7 Å². The number of aromatic nitrogens is 4. The third-order valence-corrected chi connectivity index (χ3v) is 5.46. The lowest BCUT2D eigenvalue weighted by molar-refractivity contribution is 0.0314. The lowest BCUT2D eigenvalue weighted by Gasteiger charge is -2.36. The summed E-state index contributed by atoms with van der Waals surface area (Å²) in [4.78, 5) is 21.5. The molecule has 3 aromatic rings. The van der Waals surface area contributed by atoms with E-state index in [2.05, 4.69) is 27.2 Å². The molecule has 0 unspecified atom stereocenters. The van der Waals surface area contributed by atoms with Gasteiger partial charge < -0.3 is 14.8 Å². The van der Waals surface area contributed by atoms with Crippen LogP contribution in [0, 0.1) is 0 Å². The van der Waals surface area contributed by atoms with Crippen LogP contribution >= 0.6 is 0 Å². The topological polar surface area (TPSA) is 97.6 Å². The van der Waals surface area contributed by atoms with Crippen LogP contribution in [0.2, 0.25) is 0 Å². The van der Waals surface area contributed by atoms with Crippen LogP contribution < -0.4 is 10.3 Å². The van der Waals surface area contributed by atoms with Gasteiger partial charge in [-0.25, -0.2) is 19.5 Å². The van der Waals surface area contributed by atoms with Gasteiger partial charge in [-0.15, -0.1) is 0 Å². The minimum absolute atomic E-state index is 0.360. The number of fused-ring (bicyclic) bond motifs is 1. The van der Waals surface area contributed by atoms with E-state index in [0.717, 1.165) is 47.5 Å². The van der Waals surface area contributed by atoms with Gasteiger partial charge in [-0.1, -0.05) is 18.2 Å². The summed E-state index contributed by atoms with van der Waals surface area (Å²) in [5.74, 6) is 0.654. The third kappa shape index (κ3) is 5.45. The summed E-state index contributed by atoms with van der Waals surface area (Å²) in [5, 5.41) is 12.7. The number of ether oxygens (including phenoxy) is 2. The number of nitrogens with zero attached hydrogens (tertiary/aromatic N) is 6. The number of anilines is 1. The zero-order valence-corrected chi connectivity index (χ0v) is 20.5. The zero-order chi connectivity index (χ0) is 24.3. The number of amides is 1. The molecular weight excluding hydrogens is 434 g/mol. The number of carbonyl (C=O) groups is 1. The quantitative estimate of drug-likeness (QED) is 0.591. The number of benzene rings is 1. The van der Waals surface area contributed by atoms with Gasteiger partial charge in [0, 0.05) is 45.0 Å². The van der Waals surface area contributed by atoms with E-state index in [0.29, 0.717) is 25.7 Å². The SMILES string of the molecule is CCN(c1ncc2c(-c3cccc(CNC(=O)OC(C)(C)C)c3)nn(C)c2n1)N1CCOCC1. The first kappa shape index (κ1) is 23.9. The first-order chi connectivity index (χ1) is 16.2. The Bertz CT molecular complexity index is 1150. The maximum Gasteiger partial charge on any atom is 0.407 e. The average Bonchev–Trinajstić information content (AvgIpc) is 3.14. The van der Waals surface area contributed by atoms with E-state index < -0.39 is 11.7 Å². The molecule has 182 valence electrons. The molecule has 0 saturated carbocycles. The minimum Gasteiger partial charge on any atom is -0.444 e. The van der Waals surface area contributed by atoms with Gasteiger partial charge in [0.2, 0.25) is 5.95 Å². The van der Waals surface area contributed by atoms with Crippen LogP contribution in [-0.4, -0.2) is 69.3 Å². The molecule has 1 aliphatic rings. The fraction of sp³-hybridized carbons (Fsp3) is 0.500. The predicted octanol–water partition coefficient (Wildman–Crippen LogP) is 3.13. The second kappa shape index (κ2) is 9.94. The molecule has 34 heavy (non-hydrogen) atoms. The molecule has 3 heterocycles. The Hall–Kier alpha value is -3.24. The van der Waals surface area contributed by atoms with Crippen molar-refractivity contribution < 1.29 is 14.3 Å². The van der Waals surface area contributed by atoms with Crippen LogP contribution in [0.1, 0.15) is 33.3 Å². The Kier molecular flexibility index (Phi) is 6.99. The molecule has 10 heteroatoms. The van der Waals surface area contributed by atoms with Crippen molar-refractivity contribution in [2.75, 3.05) is 37.9 Å². The molecule has 1 N–H and O–H groups in total. The summed E-state index contributed by atoms with van der Waals surface area (Å²) in [6, 6.07) is 7.92. The number of carbonyl (C=O) groups excluding carboxylic acids is 1. The molecule has 1 amide bonds. The summed E-state index contributed by atoms with van der Waals surface area (Å²) >= 11 is 0. The van der Waals surface area contributed by atoms with Gasteiger partial charge in [-0.05, 0) is 39.3 Å². The molecule has 0 spiro atoms. The van der Waals surface area contributed by atoms with E-state index in [4.69, 9.17) is 19.6 Å². The number of alkyl carbamates (subject to hydrolysis) is 1.